The van der Waals surface area contributed by atoms with Gasteiger partial charge >= 0.3 is 0 Å². The molecule has 1 fully saturated rings. The van der Waals surface area contributed by atoms with Crippen molar-refractivity contribution >= 4 is 0 Å². The summed E-state index contributed by atoms with van der Waals surface area (Å²) in [6.07, 6.45) is 7.96. The van der Waals surface area contributed by atoms with E-state index < -0.39 is 5.66 Å². The van der Waals surface area contributed by atoms with E-state index in [1.165, 1.54) is 32.1 Å². The number of hydrogen-bond donors (Lipinski definition) is 1. The highest BCUT2D eigenvalue weighted by molar-refractivity contribution is 4.88. The van der Waals surface area contributed by atoms with Gasteiger partial charge in [0.1, 0.15) is 0 Å². The van der Waals surface area contributed by atoms with E-state index in [0.29, 0.717) is 12.3 Å². The maximum Gasteiger partial charge on any atom is 0.197 e. The molecule has 0 aromatic carbocycles. The zero-order valence-corrected chi connectivity index (χ0v) is 8.97. The summed E-state index contributed by atoms with van der Waals surface area (Å²) >= 11 is 0. The molecule has 0 aromatic rings. The third-order valence-electron chi connectivity index (χ3n) is 3.35. The minimum atomic E-state index is -0.531. The van der Waals surface area contributed by atoms with Gasteiger partial charge in [-0.3, -0.25) is 0 Å². The molecule has 2 aliphatic rings. The van der Waals surface area contributed by atoms with Crippen LogP contribution in [0.3, 0.4) is 0 Å². The highest BCUT2D eigenvalue weighted by Gasteiger charge is 2.35. The number of aliphatic hydroxyl groups excluding tert-OH is 1. The fourth-order valence-electron chi connectivity index (χ4n) is 2.54. The fourth-order valence-corrected chi connectivity index (χ4v) is 2.54. The molecule has 0 radical (unpaired) electrons. The maximum atomic E-state index is 9.02. The second-order valence-corrected chi connectivity index (χ2v) is 4.54. The average molecular weight is 210 g/mol. The average Bonchev–Trinajstić information content (AvgIpc) is 2.69. The van der Waals surface area contributed by atoms with Crippen LogP contribution in [0.1, 0.15) is 44.9 Å². The van der Waals surface area contributed by atoms with Gasteiger partial charge in [-0.1, -0.05) is 32.1 Å². The summed E-state index contributed by atoms with van der Waals surface area (Å²) in [4.78, 5) is 0. The van der Waals surface area contributed by atoms with Gasteiger partial charge in [-0.2, -0.15) is 0 Å². The second-order valence-electron chi connectivity index (χ2n) is 4.54. The van der Waals surface area contributed by atoms with Gasteiger partial charge in [0.25, 0.3) is 0 Å². The molecule has 2 rings (SSSR count). The molecular weight excluding hydrogens is 192 g/mol. The van der Waals surface area contributed by atoms with E-state index in [2.05, 4.69) is 20.7 Å². The zero-order chi connectivity index (χ0) is 10.6. The molecule has 1 heterocycles. The first kappa shape index (κ1) is 10.7. The zero-order valence-electron chi connectivity index (χ0n) is 8.97. The van der Waals surface area contributed by atoms with Gasteiger partial charge in [0.15, 0.2) is 5.66 Å². The van der Waals surface area contributed by atoms with Gasteiger partial charge in [-0.15, -0.1) is 10.2 Å². The molecule has 1 aliphatic heterocycles. The van der Waals surface area contributed by atoms with Crippen molar-refractivity contribution in [2.24, 2.45) is 26.6 Å². The lowest BCUT2D eigenvalue weighted by molar-refractivity contribution is 0.200. The summed E-state index contributed by atoms with van der Waals surface area (Å²) in [6, 6.07) is 0. The third kappa shape index (κ3) is 2.59. The highest BCUT2D eigenvalue weighted by atomic mass is 16.3. The highest BCUT2D eigenvalue weighted by Crippen LogP contribution is 2.37. The minimum absolute atomic E-state index is 0.102. The van der Waals surface area contributed by atoms with Crippen molar-refractivity contribution in [3.05, 3.63) is 0 Å². The van der Waals surface area contributed by atoms with E-state index in [4.69, 9.17) is 5.11 Å². The molecule has 0 spiro atoms. The Labute approximate surface area is 89.7 Å². The van der Waals surface area contributed by atoms with Crippen molar-refractivity contribution in [2.45, 2.75) is 50.6 Å². The Morgan fingerprint density at radius 3 is 2.33 bits per heavy atom. The first-order chi connectivity index (χ1) is 7.35. The Bertz CT molecular complexity index is 246. The van der Waals surface area contributed by atoms with Crippen LogP contribution in [-0.4, -0.2) is 17.4 Å². The van der Waals surface area contributed by atoms with Gasteiger partial charge in [0, 0.05) is 13.0 Å². The van der Waals surface area contributed by atoms with Crippen LogP contribution in [0.2, 0.25) is 0 Å². The van der Waals surface area contributed by atoms with Gasteiger partial charge in [-0.05, 0) is 22.8 Å². The van der Waals surface area contributed by atoms with E-state index in [9.17, 15) is 0 Å². The molecule has 0 bridgehead atoms. The van der Waals surface area contributed by atoms with Crippen LogP contribution < -0.4 is 0 Å². The summed E-state index contributed by atoms with van der Waals surface area (Å²) in [7, 11) is 0. The smallest absolute Gasteiger partial charge is 0.197 e. The van der Waals surface area contributed by atoms with E-state index in [1.807, 2.05) is 0 Å². The SMILES string of the molecule is OCCC1(CC2CCCCC2)N=NN=N1. The minimum Gasteiger partial charge on any atom is -0.396 e. The summed E-state index contributed by atoms with van der Waals surface area (Å²) < 4.78 is 0. The Morgan fingerprint density at radius 1 is 1.07 bits per heavy atom. The molecule has 1 N–H and O–H groups in total. The molecule has 0 unspecified atom stereocenters. The summed E-state index contributed by atoms with van der Waals surface area (Å²) in [5, 5.41) is 24.4. The van der Waals surface area contributed by atoms with Crippen molar-refractivity contribution in [3.8, 4) is 0 Å². The first-order valence-electron chi connectivity index (χ1n) is 5.80. The van der Waals surface area contributed by atoms with Crippen LogP contribution in [0.25, 0.3) is 0 Å². The Balaban J connectivity index is 1.94. The lowest BCUT2D eigenvalue weighted by Crippen LogP contribution is -2.27. The molecular formula is C10H18N4O. The van der Waals surface area contributed by atoms with E-state index in [-0.39, 0.29) is 6.61 Å². The molecule has 0 aromatic heterocycles. The van der Waals surface area contributed by atoms with Crippen LogP contribution in [-0.2, 0) is 0 Å². The predicted octanol–water partition coefficient (Wildman–Crippen LogP) is 2.87. The Kier molecular flexibility index (Phi) is 3.41. The van der Waals surface area contributed by atoms with Gasteiger partial charge in [-0.25, -0.2) is 0 Å². The van der Waals surface area contributed by atoms with E-state index in [0.717, 1.165) is 6.42 Å². The molecule has 84 valence electrons. The lowest BCUT2D eigenvalue weighted by atomic mass is 9.82. The summed E-state index contributed by atoms with van der Waals surface area (Å²) in [5.41, 5.74) is -0.531. The third-order valence-corrected chi connectivity index (χ3v) is 3.35. The molecule has 0 saturated heterocycles. The number of nitrogens with zero attached hydrogens (tertiary/aromatic N) is 4. The molecule has 0 amide bonds. The van der Waals surface area contributed by atoms with Crippen LogP contribution in [0, 0.1) is 5.92 Å². The Morgan fingerprint density at radius 2 is 1.73 bits per heavy atom. The predicted molar refractivity (Wildman–Crippen MR) is 55.3 cm³/mol. The lowest BCUT2D eigenvalue weighted by Gasteiger charge is -2.27. The summed E-state index contributed by atoms with van der Waals surface area (Å²) in [5.74, 6) is 0.682. The molecule has 0 atom stereocenters. The quantitative estimate of drug-likeness (QED) is 0.761. The molecule has 5 nitrogen and oxygen atoms in total. The van der Waals surface area contributed by atoms with Crippen LogP contribution in [0.5, 0.6) is 0 Å². The molecule has 5 heteroatoms. The Hall–Kier alpha value is -0.840. The van der Waals surface area contributed by atoms with Gasteiger partial charge < -0.3 is 5.11 Å². The first-order valence-corrected chi connectivity index (χ1v) is 5.80. The van der Waals surface area contributed by atoms with Crippen molar-refractivity contribution in [1.29, 1.82) is 0 Å². The molecule has 1 saturated carbocycles. The molecule has 15 heavy (non-hydrogen) atoms. The number of rotatable bonds is 4. The van der Waals surface area contributed by atoms with Crippen LogP contribution >= 0.6 is 0 Å². The largest absolute Gasteiger partial charge is 0.396 e. The normalized spacial score (nSPS) is 24.9. The van der Waals surface area contributed by atoms with Crippen LogP contribution in [0.15, 0.2) is 20.7 Å². The van der Waals surface area contributed by atoms with Crippen LogP contribution in [0.4, 0.5) is 0 Å². The van der Waals surface area contributed by atoms with E-state index in [1.54, 1.807) is 0 Å². The second kappa shape index (κ2) is 4.79. The maximum absolute atomic E-state index is 9.02. The van der Waals surface area contributed by atoms with Crippen molar-refractivity contribution in [1.82, 2.24) is 0 Å². The monoisotopic (exact) mass is 210 g/mol. The number of aliphatic hydroxyl groups is 1. The van der Waals surface area contributed by atoms with Gasteiger partial charge in [0.05, 0.1) is 0 Å². The topological polar surface area (TPSA) is 69.7 Å². The van der Waals surface area contributed by atoms with Crippen molar-refractivity contribution in [3.63, 3.8) is 0 Å². The molecule has 1 aliphatic carbocycles. The van der Waals surface area contributed by atoms with E-state index >= 15 is 0 Å². The fraction of sp³-hybridized carbons (Fsp3) is 1.00. The van der Waals surface area contributed by atoms with Gasteiger partial charge in [0.2, 0.25) is 0 Å². The number of hydrogen-bond acceptors (Lipinski definition) is 5. The van der Waals surface area contributed by atoms with Crippen molar-refractivity contribution in [2.75, 3.05) is 6.61 Å². The summed E-state index contributed by atoms with van der Waals surface area (Å²) in [6.45, 7) is 0.102. The standard InChI is InChI=1S/C10H18N4O/c15-7-6-10(11-13-14-12-10)8-9-4-2-1-3-5-9/h9,15H,1-8H2. The van der Waals surface area contributed by atoms with Crippen molar-refractivity contribution < 1.29 is 5.11 Å².